The van der Waals surface area contributed by atoms with Gasteiger partial charge in [-0.1, -0.05) is 30.0 Å². The largest absolute Gasteiger partial charge is 0.302 e. The second-order valence-electron chi connectivity index (χ2n) is 2.77. The van der Waals surface area contributed by atoms with Gasteiger partial charge in [0.25, 0.3) is 0 Å². The molecule has 0 aliphatic rings. The van der Waals surface area contributed by atoms with Gasteiger partial charge in [0.15, 0.2) is 11.1 Å². The van der Waals surface area contributed by atoms with E-state index in [1.54, 1.807) is 23.2 Å². The molecule has 0 spiro atoms. The Morgan fingerprint density at radius 3 is 2.60 bits per heavy atom. The molecule has 1 N–H and O–H groups in total. The fourth-order valence-electron chi connectivity index (χ4n) is 1.05. The maximum absolute atomic E-state index is 10.8. The van der Waals surface area contributed by atoms with Crippen LogP contribution in [0.5, 0.6) is 0 Å². The third-order valence-electron chi connectivity index (χ3n) is 1.71. The third kappa shape index (κ3) is 2.92. The SMILES string of the molecule is O=S(O)c1csc(Sc2ccccc2)c1. The first-order valence-corrected chi connectivity index (χ1v) is 6.98. The number of hydrogen-bond acceptors (Lipinski definition) is 3. The van der Waals surface area contributed by atoms with Gasteiger partial charge in [-0.05, 0) is 18.2 Å². The Hall–Kier alpha value is -0.620. The van der Waals surface area contributed by atoms with Gasteiger partial charge in [-0.3, -0.25) is 0 Å². The predicted molar refractivity (Wildman–Crippen MR) is 63.9 cm³/mol. The smallest absolute Gasteiger partial charge is 0.187 e. The van der Waals surface area contributed by atoms with Crippen molar-refractivity contribution >= 4 is 34.2 Å². The van der Waals surface area contributed by atoms with Crippen LogP contribution in [0, 0.1) is 0 Å². The lowest BCUT2D eigenvalue weighted by Crippen LogP contribution is -1.82. The fraction of sp³-hybridized carbons (Fsp3) is 0. The van der Waals surface area contributed by atoms with Gasteiger partial charge >= 0.3 is 0 Å². The normalized spacial score (nSPS) is 12.6. The Labute approximate surface area is 98.6 Å². The molecule has 0 aliphatic carbocycles. The maximum atomic E-state index is 10.8. The molecule has 15 heavy (non-hydrogen) atoms. The van der Waals surface area contributed by atoms with Gasteiger partial charge in [0.2, 0.25) is 0 Å². The lowest BCUT2D eigenvalue weighted by Gasteiger charge is -1.95. The highest BCUT2D eigenvalue weighted by Gasteiger charge is 2.05. The summed E-state index contributed by atoms with van der Waals surface area (Å²) in [7, 11) is 0. The lowest BCUT2D eigenvalue weighted by atomic mass is 10.4. The van der Waals surface area contributed by atoms with Gasteiger partial charge < -0.3 is 4.55 Å². The molecule has 1 unspecified atom stereocenters. The van der Waals surface area contributed by atoms with Crippen LogP contribution >= 0.6 is 23.1 Å². The van der Waals surface area contributed by atoms with Crippen molar-refractivity contribution in [3.8, 4) is 0 Å². The van der Waals surface area contributed by atoms with Crippen LogP contribution in [0.3, 0.4) is 0 Å². The summed E-state index contributed by atoms with van der Waals surface area (Å²) in [5.74, 6) is 0. The van der Waals surface area contributed by atoms with Crippen LogP contribution in [-0.4, -0.2) is 8.76 Å². The van der Waals surface area contributed by atoms with Crippen LogP contribution in [0.1, 0.15) is 0 Å². The molecular weight excluding hydrogens is 248 g/mol. The van der Waals surface area contributed by atoms with Crippen molar-refractivity contribution in [2.24, 2.45) is 0 Å². The fourth-order valence-corrected chi connectivity index (χ4v) is 3.72. The topological polar surface area (TPSA) is 37.3 Å². The van der Waals surface area contributed by atoms with Crippen molar-refractivity contribution < 1.29 is 8.76 Å². The van der Waals surface area contributed by atoms with Crippen molar-refractivity contribution in [2.45, 2.75) is 14.0 Å². The van der Waals surface area contributed by atoms with E-state index in [4.69, 9.17) is 4.55 Å². The molecule has 5 heteroatoms. The van der Waals surface area contributed by atoms with Gasteiger partial charge in [0.1, 0.15) is 0 Å². The molecule has 2 nitrogen and oxygen atoms in total. The van der Waals surface area contributed by atoms with Crippen molar-refractivity contribution in [2.75, 3.05) is 0 Å². The Balaban J connectivity index is 2.15. The van der Waals surface area contributed by atoms with Crippen molar-refractivity contribution in [3.05, 3.63) is 41.8 Å². The zero-order valence-electron chi connectivity index (χ0n) is 7.62. The van der Waals surface area contributed by atoms with E-state index in [-0.39, 0.29) is 0 Å². The van der Waals surface area contributed by atoms with E-state index in [0.717, 1.165) is 9.10 Å². The average molecular weight is 256 g/mol. The molecule has 2 aromatic rings. The molecule has 0 bridgehead atoms. The molecule has 1 heterocycles. The zero-order valence-corrected chi connectivity index (χ0v) is 10.1. The summed E-state index contributed by atoms with van der Waals surface area (Å²) < 4.78 is 20.7. The summed E-state index contributed by atoms with van der Waals surface area (Å²) in [5.41, 5.74) is 0. The summed E-state index contributed by atoms with van der Waals surface area (Å²) >= 11 is 1.21. The second kappa shape index (κ2) is 4.94. The molecule has 0 radical (unpaired) electrons. The molecule has 2 rings (SSSR count). The molecule has 0 fully saturated rings. The van der Waals surface area contributed by atoms with Crippen molar-refractivity contribution in [3.63, 3.8) is 0 Å². The number of hydrogen-bond donors (Lipinski definition) is 1. The molecule has 78 valence electrons. The molecular formula is C10H8O2S3. The molecule has 0 aliphatic heterocycles. The number of benzene rings is 1. The Morgan fingerprint density at radius 2 is 2.00 bits per heavy atom. The quantitative estimate of drug-likeness (QED) is 0.854. The molecule has 1 atom stereocenters. The van der Waals surface area contributed by atoms with Crippen LogP contribution in [-0.2, 0) is 11.1 Å². The van der Waals surface area contributed by atoms with Crippen molar-refractivity contribution in [1.82, 2.24) is 0 Å². The monoisotopic (exact) mass is 256 g/mol. The van der Waals surface area contributed by atoms with Crippen LogP contribution in [0.15, 0.2) is 55.8 Å². The minimum atomic E-state index is -1.87. The predicted octanol–water partition coefficient (Wildman–Crippen LogP) is 3.48. The summed E-state index contributed by atoms with van der Waals surface area (Å²) in [5, 5.41) is 1.71. The van der Waals surface area contributed by atoms with Crippen molar-refractivity contribution in [1.29, 1.82) is 0 Å². The summed E-state index contributed by atoms with van der Waals surface area (Å²) in [6.45, 7) is 0. The summed E-state index contributed by atoms with van der Waals surface area (Å²) in [4.78, 5) is 1.60. The van der Waals surface area contributed by atoms with E-state index in [0.29, 0.717) is 4.90 Å². The highest BCUT2D eigenvalue weighted by atomic mass is 32.2. The van der Waals surface area contributed by atoms with Crippen LogP contribution in [0.4, 0.5) is 0 Å². The minimum Gasteiger partial charge on any atom is -0.302 e. The molecule has 0 amide bonds. The highest BCUT2D eigenvalue weighted by Crippen LogP contribution is 2.33. The average Bonchev–Trinajstić information content (AvgIpc) is 2.68. The van der Waals surface area contributed by atoms with Gasteiger partial charge in [0, 0.05) is 10.3 Å². The van der Waals surface area contributed by atoms with Gasteiger partial charge in [0.05, 0.1) is 9.10 Å². The summed E-state index contributed by atoms with van der Waals surface area (Å²) in [6.07, 6.45) is 0. The van der Waals surface area contributed by atoms with E-state index in [1.165, 1.54) is 11.3 Å². The minimum absolute atomic E-state index is 0.471. The lowest BCUT2D eigenvalue weighted by molar-refractivity contribution is 0.564. The van der Waals surface area contributed by atoms with Crippen LogP contribution in [0.25, 0.3) is 0 Å². The second-order valence-corrected chi connectivity index (χ2v) is 6.02. The first-order chi connectivity index (χ1) is 7.25. The van der Waals surface area contributed by atoms with E-state index in [2.05, 4.69) is 0 Å². The highest BCUT2D eigenvalue weighted by molar-refractivity contribution is 8.01. The molecule has 1 aromatic heterocycles. The Bertz CT molecular complexity index is 465. The van der Waals surface area contributed by atoms with Gasteiger partial charge in [-0.15, -0.1) is 11.3 Å². The van der Waals surface area contributed by atoms with E-state index in [1.807, 2.05) is 30.3 Å². The summed E-state index contributed by atoms with van der Waals surface area (Å²) in [6, 6.07) is 11.7. The number of rotatable bonds is 3. The maximum Gasteiger partial charge on any atom is 0.187 e. The Morgan fingerprint density at radius 1 is 1.27 bits per heavy atom. The van der Waals surface area contributed by atoms with Gasteiger partial charge in [-0.2, -0.15) is 0 Å². The van der Waals surface area contributed by atoms with E-state index < -0.39 is 11.1 Å². The van der Waals surface area contributed by atoms with E-state index in [9.17, 15) is 4.21 Å². The van der Waals surface area contributed by atoms with E-state index >= 15 is 0 Å². The number of thiophene rings is 1. The van der Waals surface area contributed by atoms with Crippen LogP contribution in [0.2, 0.25) is 0 Å². The van der Waals surface area contributed by atoms with Crippen LogP contribution < -0.4 is 0 Å². The standard InChI is InChI=1S/C10H8O2S3/c11-15(12)9-6-10(13-7-9)14-8-4-2-1-3-5-8/h1-7H,(H,11,12). The molecule has 0 saturated carbocycles. The van der Waals surface area contributed by atoms with Gasteiger partial charge in [-0.25, -0.2) is 4.21 Å². The third-order valence-corrected chi connectivity index (χ3v) is 4.59. The molecule has 0 saturated heterocycles. The zero-order chi connectivity index (χ0) is 10.7. The Kier molecular flexibility index (Phi) is 3.58. The first kappa shape index (κ1) is 10.9. The first-order valence-electron chi connectivity index (χ1n) is 4.18. The molecule has 1 aromatic carbocycles.